The molecule has 1 atom stereocenters. The highest BCUT2D eigenvalue weighted by Gasteiger charge is 2.40. The van der Waals surface area contributed by atoms with Gasteiger partial charge in [-0.3, -0.25) is 9.48 Å². The van der Waals surface area contributed by atoms with Crippen molar-refractivity contribution < 1.29 is 9.53 Å². The molecule has 0 aromatic carbocycles. The van der Waals surface area contributed by atoms with Crippen LogP contribution in [-0.4, -0.2) is 41.5 Å². The number of carbonyl (C=O) groups excluding carboxylic acids is 1. The van der Waals surface area contributed by atoms with Gasteiger partial charge in [-0.25, -0.2) is 0 Å². The zero-order valence-corrected chi connectivity index (χ0v) is 12.7. The van der Waals surface area contributed by atoms with Gasteiger partial charge < -0.3 is 15.4 Å². The van der Waals surface area contributed by atoms with Crippen molar-refractivity contribution in [1.82, 2.24) is 20.4 Å². The van der Waals surface area contributed by atoms with Crippen LogP contribution in [-0.2, 0) is 16.6 Å². The molecule has 2 heterocycles. The zero-order chi connectivity index (χ0) is 14.8. The number of ether oxygens (including phenoxy) is 1. The van der Waals surface area contributed by atoms with Gasteiger partial charge in [0, 0.05) is 25.4 Å². The molecule has 20 heavy (non-hydrogen) atoms. The standard InChI is InChI=1S/C14H24N4O2/c1-10(12-9-16-18(3)11(12)2)17-13(19)14(20-4)5-7-15-8-6-14/h9-10,15H,5-8H2,1-4H3,(H,17,19). The summed E-state index contributed by atoms with van der Waals surface area (Å²) in [5, 5.41) is 10.5. The molecule has 1 aliphatic heterocycles. The third-order valence-electron chi connectivity index (χ3n) is 4.30. The normalized spacial score (nSPS) is 19.6. The number of hydrogen-bond donors (Lipinski definition) is 2. The Bertz CT molecular complexity index is 478. The van der Waals surface area contributed by atoms with Gasteiger partial charge in [0.2, 0.25) is 0 Å². The van der Waals surface area contributed by atoms with E-state index in [4.69, 9.17) is 4.74 Å². The largest absolute Gasteiger partial charge is 0.368 e. The fraction of sp³-hybridized carbons (Fsp3) is 0.714. The molecule has 1 aromatic heterocycles. The molecule has 112 valence electrons. The molecule has 6 heteroatoms. The minimum absolute atomic E-state index is 0.0303. The number of carbonyl (C=O) groups is 1. The average molecular weight is 280 g/mol. The van der Waals surface area contributed by atoms with Crippen LogP contribution in [0.3, 0.4) is 0 Å². The average Bonchev–Trinajstić information content (AvgIpc) is 2.79. The van der Waals surface area contributed by atoms with Crippen LogP contribution in [0.4, 0.5) is 0 Å². The highest BCUT2D eigenvalue weighted by Crippen LogP contribution is 2.24. The van der Waals surface area contributed by atoms with E-state index in [-0.39, 0.29) is 11.9 Å². The molecule has 1 aliphatic rings. The van der Waals surface area contributed by atoms with E-state index in [0.717, 1.165) is 24.3 Å². The molecule has 1 saturated heterocycles. The van der Waals surface area contributed by atoms with Gasteiger partial charge in [-0.15, -0.1) is 0 Å². The predicted octanol–water partition coefficient (Wildman–Crippen LogP) is 0.674. The second-order valence-electron chi connectivity index (χ2n) is 5.45. The molecular weight excluding hydrogens is 256 g/mol. The van der Waals surface area contributed by atoms with Crippen molar-refractivity contribution in [2.75, 3.05) is 20.2 Å². The topological polar surface area (TPSA) is 68.2 Å². The van der Waals surface area contributed by atoms with Gasteiger partial charge in [-0.1, -0.05) is 0 Å². The van der Waals surface area contributed by atoms with E-state index in [1.54, 1.807) is 7.11 Å². The van der Waals surface area contributed by atoms with Gasteiger partial charge in [0.05, 0.1) is 12.2 Å². The number of amides is 1. The first-order valence-electron chi connectivity index (χ1n) is 7.05. The first-order chi connectivity index (χ1) is 9.50. The number of hydrogen-bond acceptors (Lipinski definition) is 4. The van der Waals surface area contributed by atoms with Crippen LogP contribution in [0.1, 0.15) is 37.1 Å². The van der Waals surface area contributed by atoms with Gasteiger partial charge in [-0.05, 0) is 39.8 Å². The maximum atomic E-state index is 12.6. The van der Waals surface area contributed by atoms with E-state index in [2.05, 4.69) is 15.7 Å². The smallest absolute Gasteiger partial charge is 0.252 e. The number of aryl methyl sites for hydroxylation is 1. The molecule has 1 amide bonds. The van der Waals surface area contributed by atoms with Crippen molar-refractivity contribution in [3.63, 3.8) is 0 Å². The zero-order valence-electron chi connectivity index (χ0n) is 12.7. The maximum absolute atomic E-state index is 12.6. The number of rotatable bonds is 4. The number of nitrogens with one attached hydrogen (secondary N) is 2. The molecule has 0 spiro atoms. The summed E-state index contributed by atoms with van der Waals surface area (Å²) in [6.45, 7) is 5.59. The minimum Gasteiger partial charge on any atom is -0.368 e. The van der Waals surface area contributed by atoms with Gasteiger partial charge in [-0.2, -0.15) is 5.10 Å². The van der Waals surface area contributed by atoms with E-state index < -0.39 is 5.60 Å². The molecule has 2 rings (SSSR count). The Hall–Kier alpha value is -1.40. The Morgan fingerprint density at radius 2 is 2.20 bits per heavy atom. The number of piperidine rings is 1. The van der Waals surface area contributed by atoms with E-state index in [1.165, 1.54) is 0 Å². The monoisotopic (exact) mass is 280 g/mol. The van der Waals surface area contributed by atoms with E-state index in [9.17, 15) is 4.79 Å². The number of methoxy groups -OCH3 is 1. The molecule has 1 aromatic rings. The molecule has 0 saturated carbocycles. The van der Waals surface area contributed by atoms with E-state index in [0.29, 0.717) is 12.8 Å². The Labute approximate surface area is 119 Å². The molecule has 0 bridgehead atoms. The van der Waals surface area contributed by atoms with Crippen molar-refractivity contribution in [3.8, 4) is 0 Å². The third kappa shape index (κ3) is 2.71. The van der Waals surface area contributed by atoms with Gasteiger partial charge in [0.15, 0.2) is 0 Å². The quantitative estimate of drug-likeness (QED) is 0.851. The van der Waals surface area contributed by atoms with Crippen LogP contribution in [0.15, 0.2) is 6.20 Å². The summed E-state index contributed by atoms with van der Waals surface area (Å²) in [4.78, 5) is 12.6. The predicted molar refractivity (Wildman–Crippen MR) is 76.3 cm³/mol. The highest BCUT2D eigenvalue weighted by atomic mass is 16.5. The van der Waals surface area contributed by atoms with Crippen LogP contribution >= 0.6 is 0 Å². The lowest BCUT2D eigenvalue weighted by molar-refractivity contribution is -0.147. The van der Waals surface area contributed by atoms with Crippen molar-refractivity contribution in [3.05, 3.63) is 17.5 Å². The molecule has 0 aliphatic carbocycles. The maximum Gasteiger partial charge on any atom is 0.252 e. The molecule has 1 fully saturated rings. The lowest BCUT2D eigenvalue weighted by Gasteiger charge is -2.35. The molecule has 1 unspecified atom stereocenters. The van der Waals surface area contributed by atoms with Crippen LogP contribution in [0.2, 0.25) is 0 Å². The fourth-order valence-corrected chi connectivity index (χ4v) is 2.70. The van der Waals surface area contributed by atoms with Crippen molar-refractivity contribution in [1.29, 1.82) is 0 Å². The van der Waals surface area contributed by atoms with Crippen LogP contribution in [0.5, 0.6) is 0 Å². The highest BCUT2D eigenvalue weighted by molar-refractivity contribution is 5.85. The van der Waals surface area contributed by atoms with Crippen LogP contribution < -0.4 is 10.6 Å². The summed E-state index contributed by atoms with van der Waals surface area (Å²) in [7, 11) is 3.52. The Balaban J connectivity index is 2.08. The number of nitrogens with zero attached hydrogens (tertiary/aromatic N) is 2. The second-order valence-corrected chi connectivity index (χ2v) is 5.45. The molecule has 6 nitrogen and oxygen atoms in total. The number of aromatic nitrogens is 2. The Morgan fingerprint density at radius 3 is 2.70 bits per heavy atom. The van der Waals surface area contributed by atoms with Crippen LogP contribution in [0, 0.1) is 6.92 Å². The van der Waals surface area contributed by atoms with Crippen molar-refractivity contribution >= 4 is 5.91 Å². The van der Waals surface area contributed by atoms with Crippen molar-refractivity contribution in [2.24, 2.45) is 7.05 Å². The van der Waals surface area contributed by atoms with Crippen LogP contribution in [0.25, 0.3) is 0 Å². The lowest BCUT2D eigenvalue weighted by atomic mass is 9.90. The van der Waals surface area contributed by atoms with Gasteiger partial charge >= 0.3 is 0 Å². The third-order valence-corrected chi connectivity index (χ3v) is 4.30. The Kier molecular flexibility index (Phi) is 4.45. The summed E-state index contributed by atoms with van der Waals surface area (Å²) < 4.78 is 7.35. The second kappa shape index (κ2) is 5.93. The lowest BCUT2D eigenvalue weighted by Crippen LogP contribution is -2.54. The minimum atomic E-state index is -0.699. The summed E-state index contributed by atoms with van der Waals surface area (Å²) in [6, 6.07) is -0.0712. The first-order valence-corrected chi connectivity index (χ1v) is 7.05. The van der Waals surface area contributed by atoms with E-state index in [1.807, 2.05) is 31.8 Å². The summed E-state index contributed by atoms with van der Waals surface area (Å²) in [5.41, 5.74) is 1.41. The molecular formula is C14H24N4O2. The van der Waals surface area contributed by atoms with Crippen molar-refractivity contribution in [2.45, 2.75) is 38.3 Å². The SMILES string of the molecule is COC1(C(=O)NC(C)c2cnn(C)c2C)CCNCC1. The summed E-state index contributed by atoms with van der Waals surface area (Å²) >= 11 is 0. The van der Waals surface area contributed by atoms with Gasteiger partial charge in [0.1, 0.15) is 5.60 Å². The molecule has 2 N–H and O–H groups in total. The molecule has 0 radical (unpaired) electrons. The summed E-state index contributed by atoms with van der Waals surface area (Å²) in [5.74, 6) is -0.0303. The van der Waals surface area contributed by atoms with E-state index >= 15 is 0 Å². The summed E-state index contributed by atoms with van der Waals surface area (Å²) in [6.07, 6.45) is 3.21. The first kappa shape index (κ1) is 15.0. The fourth-order valence-electron chi connectivity index (χ4n) is 2.70. The Morgan fingerprint density at radius 1 is 1.55 bits per heavy atom. The van der Waals surface area contributed by atoms with Gasteiger partial charge in [0.25, 0.3) is 5.91 Å².